The highest BCUT2D eigenvalue weighted by Gasteiger charge is 2.20. The maximum absolute atomic E-state index is 12.3. The van der Waals surface area contributed by atoms with Crippen LogP contribution in [0.1, 0.15) is 41.1 Å². The van der Waals surface area contributed by atoms with Crippen LogP contribution in [0, 0.1) is 13.8 Å². The first-order chi connectivity index (χ1) is 13.1. The van der Waals surface area contributed by atoms with Crippen LogP contribution < -0.4 is 5.56 Å². The van der Waals surface area contributed by atoms with E-state index in [4.69, 9.17) is 4.52 Å². The first-order valence-corrected chi connectivity index (χ1v) is 10.1. The van der Waals surface area contributed by atoms with Crippen LogP contribution in [0.4, 0.5) is 0 Å². The molecule has 0 aromatic carbocycles. The molecule has 0 saturated carbocycles. The SMILES string of the molecule is Cc1noc(C)c1CN1CCN(CCn2nc3c(cc2=O)CCCC3)CC1. The molecule has 0 radical (unpaired) electrons. The Hall–Kier alpha value is -1.99. The van der Waals surface area contributed by atoms with Crippen LogP contribution >= 0.6 is 0 Å². The number of aryl methyl sites for hydroxylation is 4. The van der Waals surface area contributed by atoms with Crippen molar-refractivity contribution in [1.29, 1.82) is 0 Å². The Morgan fingerprint density at radius 1 is 1.04 bits per heavy atom. The number of hydrogen-bond donors (Lipinski definition) is 0. The van der Waals surface area contributed by atoms with E-state index in [0.717, 1.165) is 74.8 Å². The first-order valence-electron chi connectivity index (χ1n) is 10.1. The van der Waals surface area contributed by atoms with Crippen molar-refractivity contribution in [2.45, 2.75) is 52.6 Å². The molecule has 1 aliphatic heterocycles. The fraction of sp³-hybridized carbons (Fsp3) is 0.650. The summed E-state index contributed by atoms with van der Waals surface area (Å²) in [5.74, 6) is 0.924. The van der Waals surface area contributed by atoms with E-state index in [2.05, 4.69) is 20.1 Å². The van der Waals surface area contributed by atoms with Gasteiger partial charge in [-0.3, -0.25) is 14.6 Å². The standard InChI is InChI=1S/C20H29N5O2/c1-15-18(16(2)27-22-15)14-24-9-7-23(8-10-24)11-12-25-20(26)13-17-5-3-4-6-19(17)21-25/h13H,3-12,14H2,1-2H3. The zero-order chi connectivity index (χ0) is 18.8. The molecule has 0 spiro atoms. The van der Waals surface area contributed by atoms with Crippen LogP contribution in [0.2, 0.25) is 0 Å². The summed E-state index contributed by atoms with van der Waals surface area (Å²) in [5.41, 5.74) is 4.55. The molecule has 2 aromatic rings. The third-order valence-corrected chi connectivity index (χ3v) is 5.93. The minimum absolute atomic E-state index is 0.0488. The highest BCUT2D eigenvalue weighted by Crippen LogP contribution is 2.17. The lowest BCUT2D eigenvalue weighted by Crippen LogP contribution is -2.47. The molecule has 3 heterocycles. The molecule has 0 N–H and O–H groups in total. The maximum atomic E-state index is 12.3. The Morgan fingerprint density at radius 2 is 1.78 bits per heavy atom. The number of piperazine rings is 1. The minimum atomic E-state index is 0.0488. The van der Waals surface area contributed by atoms with Crippen LogP contribution in [-0.2, 0) is 25.9 Å². The number of nitrogens with zero attached hydrogens (tertiary/aromatic N) is 5. The molecule has 2 aliphatic rings. The summed E-state index contributed by atoms with van der Waals surface area (Å²) in [5, 5.41) is 8.68. The van der Waals surface area contributed by atoms with Crippen molar-refractivity contribution >= 4 is 0 Å². The average Bonchev–Trinajstić information content (AvgIpc) is 2.99. The lowest BCUT2D eigenvalue weighted by molar-refractivity contribution is 0.122. The molecule has 0 amide bonds. The normalized spacial score (nSPS) is 18.6. The zero-order valence-corrected chi connectivity index (χ0v) is 16.4. The quantitative estimate of drug-likeness (QED) is 0.794. The van der Waals surface area contributed by atoms with E-state index >= 15 is 0 Å². The second-order valence-electron chi connectivity index (χ2n) is 7.81. The molecular weight excluding hydrogens is 342 g/mol. The highest BCUT2D eigenvalue weighted by molar-refractivity contribution is 5.21. The third-order valence-electron chi connectivity index (χ3n) is 5.93. The number of rotatable bonds is 5. The molecule has 1 aliphatic carbocycles. The van der Waals surface area contributed by atoms with E-state index in [0.29, 0.717) is 6.54 Å². The van der Waals surface area contributed by atoms with E-state index in [1.165, 1.54) is 18.4 Å². The van der Waals surface area contributed by atoms with Crippen molar-refractivity contribution in [2.24, 2.45) is 0 Å². The van der Waals surface area contributed by atoms with Gasteiger partial charge in [-0.25, -0.2) is 4.68 Å². The molecule has 7 heteroatoms. The fourth-order valence-electron chi connectivity index (χ4n) is 4.12. The number of fused-ring (bicyclic) bond motifs is 1. The number of hydrogen-bond acceptors (Lipinski definition) is 6. The van der Waals surface area contributed by atoms with Crippen molar-refractivity contribution in [3.8, 4) is 0 Å². The minimum Gasteiger partial charge on any atom is -0.361 e. The largest absolute Gasteiger partial charge is 0.361 e. The average molecular weight is 371 g/mol. The topological polar surface area (TPSA) is 67.4 Å². The van der Waals surface area contributed by atoms with E-state index in [1.807, 2.05) is 19.9 Å². The third kappa shape index (κ3) is 4.14. The lowest BCUT2D eigenvalue weighted by Gasteiger charge is -2.34. The molecular formula is C20H29N5O2. The van der Waals surface area contributed by atoms with Gasteiger partial charge in [0.1, 0.15) is 5.76 Å². The van der Waals surface area contributed by atoms with Gasteiger partial charge in [0.05, 0.1) is 17.9 Å². The molecule has 1 saturated heterocycles. The Balaban J connectivity index is 1.29. The maximum Gasteiger partial charge on any atom is 0.267 e. The van der Waals surface area contributed by atoms with Gasteiger partial charge in [0.25, 0.3) is 5.56 Å². The molecule has 7 nitrogen and oxygen atoms in total. The van der Waals surface area contributed by atoms with Crippen LogP contribution in [-0.4, -0.2) is 57.5 Å². The second kappa shape index (κ2) is 7.94. The molecule has 27 heavy (non-hydrogen) atoms. The Morgan fingerprint density at radius 3 is 2.52 bits per heavy atom. The van der Waals surface area contributed by atoms with Crippen molar-refractivity contribution in [3.05, 3.63) is 44.7 Å². The van der Waals surface area contributed by atoms with Crippen molar-refractivity contribution < 1.29 is 4.52 Å². The summed E-state index contributed by atoms with van der Waals surface area (Å²) in [7, 11) is 0. The van der Waals surface area contributed by atoms with Gasteiger partial charge in [0, 0.05) is 50.9 Å². The Bertz CT molecular complexity index is 829. The predicted molar refractivity (Wildman–Crippen MR) is 103 cm³/mol. The van der Waals surface area contributed by atoms with E-state index < -0.39 is 0 Å². The van der Waals surface area contributed by atoms with Crippen LogP contribution in [0.5, 0.6) is 0 Å². The van der Waals surface area contributed by atoms with E-state index in [-0.39, 0.29) is 5.56 Å². The summed E-state index contributed by atoms with van der Waals surface area (Å²) < 4.78 is 6.94. The van der Waals surface area contributed by atoms with Gasteiger partial charge in [-0.2, -0.15) is 5.10 Å². The summed E-state index contributed by atoms with van der Waals surface area (Å²) in [6, 6.07) is 1.81. The summed E-state index contributed by atoms with van der Waals surface area (Å²) in [4.78, 5) is 17.2. The molecule has 0 bridgehead atoms. The van der Waals surface area contributed by atoms with Gasteiger partial charge < -0.3 is 4.52 Å². The van der Waals surface area contributed by atoms with Gasteiger partial charge >= 0.3 is 0 Å². The van der Waals surface area contributed by atoms with Gasteiger partial charge in [-0.1, -0.05) is 5.16 Å². The molecule has 2 aromatic heterocycles. The fourth-order valence-corrected chi connectivity index (χ4v) is 4.12. The van der Waals surface area contributed by atoms with Gasteiger partial charge in [-0.15, -0.1) is 0 Å². The van der Waals surface area contributed by atoms with E-state index in [9.17, 15) is 4.79 Å². The van der Waals surface area contributed by atoms with Crippen molar-refractivity contribution in [2.75, 3.05) is 32.7 Å². The van der Waals surface area contributed by atoms with Gasteiger partial charge in [0.2, 0.25) is 0 Å². The lowest BCUT2D eigenvalue weighted by atomic mass is 9.97. The molecule has 4 rings (SSSR count). The monoisotopic (exact) mass is 371 g/mol. The number of aromatic nitrogens is 3. The second-order valence-corrected chi connectivity index (χ2v) is 7.81. The first kappa shape index (κ1) is 18.4. The van der Waals surface area contributed by atoms with Gasteiger partial charge in [0.15, 0.2) is 0 Å². The smallest absolute Gasteiger partial charge is 0.267 e. The van der Waals surface area contributed by atoms with Crippen LogP contribution in [0.15, 0.2) is 15.4 Å². The zero-order valence-electron chi connectivity index (χ0n) is 16.4. The van der Waals surface area contributed by atoms with Gasteiger partial charge in [-0.05, 0) is 45.1 Å². The van der Waals surface area contributed by atoms with Crippen LogP contribution in [0.25, 0.3) is 0 Å². The van der Waals surface area contributed by atoms with Crippen molar-refractivity contribution in [1.82, 2.24) is 24.7 Å². The summed E-state index contributed by atoms with van der Waals surface area (Å²) in [6.07, 6.45) is 4.38. The molecule has 1 fully saturated rings. The van der Waals surface area contributed by atoms with Crippen LogP contribution in [0.3, 0.4) is 0 Å². The summed E-state index contributed by atoms with van der Waals surface area (Å²) >= 11 is 0. The summed E-state index contributed by atoms with van der Waals surface area (Å²) in [6.45, 7) is 10.5. The molecule has 146 valence electrons. The van der Waals surface area contributed by atoms with E-state index in [1.54, 1.807) is 4.68 Å². The molecule has 0 unspecified atom stereocenters. The predicted octanol–water partition coefficient (Wildman–Crippen LogP) is 1.54. The highest BCUT2D eigenvalue weighted by atomic mass is 16.5. The molecule has 0 atom stereocenters. The Kier molecular flexibility index (Phi) is 5.41. The Labute approximate surface area is 159 Å². The van der Waals surface area contributed by atoms with Crippen molar-refractivity contribution in [3.63, 3.8) is 0 Å².